The van der Waals surface area contributed by atoms with Gasteiger partial charge in [0.05, 0.1) is 16.2 Å². The number of amides is 1. The molecule has 1 amide bonds. The van der Waals surface area contributed by atoms with Crippen molar-refractivity contribution >= 4 is 34.1 Å². The molecule has 0 fully saturated rings. The molecule has 0 bridgehead atoms. The highest BCUT2D eigenvalue weighted by atomic mass is 35.5. The van der Waals surface area contributed by atoms with Gasteiger partial charge in [0.15, 0.2) is 0 Å². The molecule has 1 atom stereocenters. The van der Waals surface area contributed by atoms with Gasteiger partial charge in [-0.25, -0.2) is 0 Å². The van der Waals surface area contributed by atoms with E-state index in [4.69, 9.17) is 17.3 Å². The highest BCUT2D eigenvalue weighted by Gasteiger charge is 2.14. The van der Waals surface area contributed by atoms with E-state index in [1.807, 2.05) is 19.1 Å². The summed E-state index contributed by atoms with van der Waals surface area (Å²) in [5, 5.41) is 4.38. The number of pyridine rings is 1. The first-order valence-electron chi connectivity index (χ1n) is 6.67. The molecule has 0 aliphatic heterocycles. The molecule has 2 aromatic rings. The summed E-state index contributed by atoms with van der Waals surface area (Å²) in [4.78, 5) is 16.4. The number of benzene rings is 1. The Balaban J connectivity index is 2.22. The Labute approximate surface area is 123 Å². The van der Waals surface area contributed by atoms with Gasteiger partial charge in [-0.3, -0.25) is 9.78 Å². The van der Waals surface area contributed by atoms with Crippen molar-refractivity contribution in [1.82, 2.24) is 4.98 Å². The van der Waals surface area contributed by atoms with Gasteiger partial charge in [-0.15, -0.1) is 0 Å². The van der Waals surface area contributed by atoms with Crippen LogP contribution < -0.4 is 11.1 Å². The molecule has 0 radical (unpaired) electrons. The lowest BCUT2D eigenvalue weighted by Gasteiger charge is -2.13. The number of rotatable bonds is 5. The minimum atomic E-state index is -0.0759. The molecule has 4 nitrogen and oxygen atoms in total. The van der Waals surface area contributed by atoms with Crippen LogP contribution in [-0.4, -0.2) is 17.4 Å². The van der Waals surface area contributed by atoms with Crippen LogP contribution >= 0.6 is 11.6 Å². The Morgan fingerprint density at radius 3 is 3.00 bits per heavy atom. The Bertz CT molecular complexity index is 615. The number of nitrogens with zero attached hydrogens (tertiary/aromatic N) is 1. The molecule has 3 N–H and O–H groups in total. The van der Waals surface area contributed by atoms with E-state index in [0.717, 1.165) is 18.2 Å². The molecular weight excluding hydrogens is 274 g/mol. The van der Waals surface area contributed by atoms with Crippen molar-refractivity contribution in [3.05, 3.63) is 35.5 Å². The Morgan fingerprint density at radius 1 is 1.45 bits per heavy atom. The molecule has 5 heteroatoms. The first kappa shape index (κ1) is 14.8. The molecule has 0 aliphatic rings. The van der Waals surface area contributed by atoms with E-state index in [-0.39, 0.29) is 11.8 Å². The lowest BCUT2D eigenvalue weighted by Crippen LogP contribution is -2.21. The molecule has 0 spiro atoms. The summed E-state index contributed by atoms with van der Waals surface area (Å²) >= 11 is 6.13. The lowest BCUT2D eigenvalue weighted by atomic mass is 10.0. The fourth-order valence-corrected chi connectivity index (χ4v) is 2.27. The highest BCUT2D eigenvalue weighted by molar-refractivity contribution is 6.35. The van der Waals surface area contributed by atoms with Crippen molar-refractivity contribution in [3.63, 3.8) is 0 Å². The van der Waals surface area contributed by atoms with Crippen LogP contribution in [0.1, 0.15) is 19.8 Å². The van der Waals surface area contributed by atoms with Crippen LogP contribution in [0, 0.1) is 5.92 Å². The molecule has 1 heterocycles. The van der Waals surface area contributed by atoms with E-state index in [1.165, 1.54) is 0 Å². The smallest absolute Gasteiger partial charge is 0.227 e. The monoisotopic (exact) mass is 291 g/mol. The van der Waals surface area contributed by atoms with Crippen molar-refractivity contribution < 1.29 is 4.79 Å². The number of carbonyl (C=O) groups excluding carboxylic acids is 1. The van der Waals surface area contributed by atoms with E-state index < -0.39 is 0 Å². The number of fused-ring (bicyclic) bond motifs is 1. The third-order valence-corrected chi connectivity index (χ3v) is 3.59. The van der Waals surface area contributed by atoms with Gasteiger partial charge in [-0.2, -0.15) is 0 Å². The summed E-state index contributed by atoms with van der Waals surface area (Å²) in [6.07, 6.45) is 3.31. The number of nitrogens with two attached hydrogens (primary N) is 1. The van der Waals surface area contributed by atoms with Crippen LogP contribution in [-0.2, 0) is 4.79 Å². The molecule has 106 valence electrons. The molecule has 1 unspecified atom stereocenters. The Kier molecular flexibility index (Phi) is 4.93. The molecule has 2 rings (SSSR count). The predicted octanol–water partition coefficient (Wildman–Crippen LogP) is 3.20. The maximum absolute atomic E-state index is 12.1. The van der Waals surface area contributed by atoms with E-state index in [9.17, 15) is 4.79 Å². The number of halogens is 1. The summed E-state index contributed by atoms with van der Waals surface area (Å²) < 4.78 is 0. The Morgan fingerprint density at radius 2 is 2.25 bits per heavy atom. The van der Waals surface area contributed by atoms with Gasteiger partial charge in [-0.1, -0.05) is 18.5 Å². The largest absolute Gasteiger partial charge is 0.330 e. The average Bonchev–Trinajstić information content (AvgIpc) is 2.47. The molecule has 0 saturated carbocycles. The molecule has 20 heavy (non-hydrogen) atoms. The molecule has 0 aliphatic carbocycles. The number of anilines is 1. The second-order valence-corrected chi connectivity index (χ2v) is 5.22. The van der Waals surface area contributed by atoms with Crippen molar-refractivity contribution in [1.29, 1.82) is 0 Å². The van der Waals surface area contributed by atoms with Gasteiger partial charge in [-0.05, 0) is 43.7 Å². The van der Waals surface area contributed by atoms with Crippen LogP contribution in [0.3, 0.4) is 0 Å². The second kappa shape index (κ2) is 6.68. The minimum absolute atomic E-state index is 0.0206. The van der Waals surface area contributed by atoms with Crippen molar-refractivity contribution in [2.45, 2.75) is 19.8 Å². The predicted molar refractivity (Wildman–Crippen MR) is 82.8 cm³/mol. The summed E-state index contributed by atoms with van der Waals surface area (Å²) in [6, 6.07) is 7.26. The summed E-state index contributed by atoms with van der Waals surface area (Å²) in [6.45, 7) is 2.50. The molecule has 1 aromatic heterocycles. The standard InChI is InChI=1S/C15H18ClN3O/c1-10(4-2-8-17)15(20)19-13-7-6-12(16)11-5-3-9-18-14(11)13/h3,5-7,9-10H,2,4,8,17H2,1H3,(H,19,20). The minimum Gasteiger partial charge on any atom is -0.330 e. The fourth-order valence-electron chi connectivity index (χ4n) is 2.05. The number of carbonyl (C=O) groups is 1. The third-order valence-electron chi connectivity index (χ3n) is 3.26. The van der Waals surface area contributed by atoms with Crippen LogP contribution in [0.2, 0.25) is 5.02 Å². The summed E-state index contributed by atoms with van der Waals surface area (Å²) in [5.74, 6) is -0.0966. The maximum Gasteiger partial charge on any atom is 0.227 e. The quantitative estimate of drug-likeness (QED) is 0.889. The Hall–Kier alpha value is -1.65. The maximum atomic E-state index is 12.1. The first-order chi connectivity index (χ1) is 9.63. The van der Waals surface area contributed by atoms with Gasteiger partial charge < -0.3 is 11.1 Å². The van der Waals surface area contributed by atoms with Crippen molar-refractivity contribution in [2.24, 2.45) is 11.7 Å². The van der Waals surface area contributed by atoms with E-state index in [0.29, 0.717) is 22.8 Å². The number of hydrogen-bond donors (Lipinski definition) is 2. The molecule has 1 aromatic carbocycles. The van der Waals surface area contributed by atoms with E-state index >= 15 is 0 Å². The number of aromatic nitrogens is 1. The van der Waals surface area contributed by atoms with Crippen LogP contribution in [0.15, 0.2) is 30.5 Å². The topological polar surface area (TPSA) is 68.0 Å². The van der Waals surface area contributed by atoms with Gasteiger partial charge in [0.1, 0.15) is 0 Å². The number of nitrogens with one attached hydrogen (secondary N) is 1. The zero-order valence-corrected chi connectivity index (χ0v) is 12.2. The lowest BCUT2D eigenvalue weighted by molar-refractivity contribution is -0.119. The molecular formula is C15H18ClN3O. The van der Waals surface area contributed by atoms with Crippen LogP contribution in [0.25, 0.3) is 10.9 Å². The van der Waals surface area contributed by atoms with Gasteiger partial charge >= 0.3 is 0 Å². The van der Waals surface area contributed by atoms with Gasteiger partial charge in [0.2, 0.25) is 5.91 Å². The first-order valence-corrected chi connectivity index (χ1v) is 7.05. The zero-order valence-electron chi connectivity index (χ0n) is 11.4. The normalized spacial score (nSPS) is 12.3. The van der Waals surface area contributed by atoms with E-state index in [2.05, 4.69) is 10.3 Å². The van der Waals surface area contributed by atoms with Gasteiger partial charge in [0, 0.05) is 17.5 Å². The molecule has 0 saturated heterocycles. The third kappa shape index (κ3) is 3.26. The van der Waals surface area contributed by atoms with E-state index in [1.54, 1.807) is 18.3 Å². The van der Waals surface area contributed by atoms with Crippen molar-refractivity contribution in [3.8, 4) is 0 Å². The SMILES string of the molecule is CC(CCCN)C(=O)Nc1ccc(Cl)c2cccnc12. The highest BCUT2D eigenvalue weighted by Crippen LogP contribution is 2.28. The summed E-state index contributed by atoms with van der Waals surface area (Å²) in [7, 11) is 0. The van der Waals surface area contributed by atoms with Crippen LogP contribution in [0.4, 0.5) is 5.69 Å². The average molecular weight is 292 g/mol. The number of hydrogen-bond acceptors (Lipinski definition) is 3. The van der Waals surface area contributed by atoms with Gasteiger partial charge in [0.25, 0.3) is 0 Å². The summed E-state index contributed by atoms with van der Waals surface area (Å²) in [5.41, 5.74) is 6.86. The zero-order chi connectivity index (χ0) is 14.5. The van der Waals surface area contributed by atoms with Crippen molar-refractivity contribution in [2.75, 3.05) is 11.9 Å². The fraction of sp³-hybridized carbons (Fsp3) is 0.333. The second-order valence-electron chi connectivity index (χ2n) is 4.82. The van der Waals surface area contributed by atoms with Crippen LogP contribution in [0.5, 0.6) is 0 Å².